The molecule has 1 atom stereocenters. The van der Waals surface area contributed by atoms with Crippen molar-refractivity contribution in [2.45, 2.75) is 53.1 Å². The molecule has 0 saturated heterocycles. The number of amides is 1. The van der Waals surface area contributed by atoms with Crippen LogP contribution >= 0.6 is 24.0 Å². The smallest absolute Gasteiger partial charge is 0.221 e. The Hall–Kier alpha value is -1.38. The normalized spacial score (nSPS) is 12.1. The molecule has 1 aromatic carbocycles. The highest BCUT2D eigenvalue weighted by Gasteiger charge is 2.06. The number of guanidine groups is 1. The molecule has 25 heavy (non-hydrogen) atoms. The fourth-order valence-electron chi connectivity index (χ4n) is 1.99. The Morgan fingerprint density at radius 3 is 2.60 bits per heavy atom. The third kappa shape index (κ3) is 9.62. The molecule has 0 fully saturated rings. The number of aryl methyl sites for hydroxylation is 1. The molecule has 142 valence electrons. The van der Waals surface area contributed by atoms with Crippen LogP contribution in [0.1, 0.15) is 44.7 Å². The van der Waals surface area contributed by atoms with Crippen molar-refractivity contribution >= 4 is 35.8 Å². The molecule has 0 aliphatic carbocycles. The first-order chi connectivity index (χ1) is 11.5. The van der Waals surface area contributed by atoms with Gasteiger partial charge in [-0.05, 0) is 44.4 Å². The minimum Gasteiger partial charge on any atom is -0.357 e. The van der Waals surface area contributed by atoms with Crippen molar-refractivity contribution in [1.29, 1.82) is 0 Å². The maximum absolute atomic E-state index is 13.6. The second kappa shape index (κ2) is 12.9. The van der Waals surface area contributed by atoms with E-state index in [1.165, 1.54) is 6.07 Å². The fourth-order valence-corrected chi connectivity index (χ4v) is 1.99. The lowest BCUT2D eigenvalue weighted by Crippen LogP contribution is -2.40. The number of benzene rings is 1. The van der Waals surface area contributed by atoms with E-state index >= 15 is 0 Å². The summed E-state index contributed by atoms with van der Waals surface area (Å²) in [6.07, 6.45) is 1.30. The molecule has 1 aromatic rings. The van der Waals surface area contributed by atoms with Gasteiger partial charge in [0.25, 0.3) is 0 Å². The van der Waals surface area contributed by atoms with Crippen molar-refractivity contribution in [2.24, 2.45) is 4.99 Å². The van der Waals surface area contributed by atoms with Gasteiger partial charge in [-0.15, -0.1) is 24.0 Å². The van der Waals surface area contributed by atoms with Crippen molar-refractivity contribution < 1.29 is 9.18 Å². The van der Waals surface area contributed by atoms with Gasteiger partial charge in [-0.2, -0.15) is 0 Å². The molecule has 1 unspecified atom stereocenters. The molecule has 0 aliphatic heterocycles. The van der Waals surface area contributed by atoms with Crippen LogP contribution in [0.2, 0.25) is 0 Å². The van der Waals surface area contributed by atoms with Crippen LogP contribution in [0.4, 0.5) is 4.39 Å². The van der Waals surface area contributed by atoms with Gasteiger partial charge in [0.2, 0.25) is 5.91 Å². The third-order valence-electron chi connectivity index (χ3n) is 3.66. The molecule has 0 radical (unpaired) electrons. The minimum absolute atomic E-state index is 0. The van der Waals surface area contributed by atoms with Gasteiger partial charge in [-0.25, -0.2) is 9.38 Å². The van der Waals surface area contributed by atoms with Gasteiger partial charge in [0.1, 0.15) is 5.82 Å². The Kier molecular flexibility index (Phi) is 12.2. The van der Waals surface area contributed by atoms with Gasteiger partial charge < -0.3 is 16.0 Å². The van der Waals surface area contributed by atoms with Crippen molar-refractivity contribution in [3.8, 4) is 0 Å². The number of rotatable bonds is 8. The van der Waals surface area contributed by atoms with Crippen LogP contribution in [-0.4, -0.2) is 31.0 Å². The Bertz CT molecular complexity index is 566. The van der Waals surface area contributed by atoms with E-state index in [4.69, 9.17) is 0 Å². The molecule has 1 amide bonds. The van der Waals surface area contributed by atoms with E-state index in [0.29, 0.717) is 37.6 Å². The summed E-state index contributed by atoms with van der Waals surface area (Å²) >= 11 is 0. The molecule has 0 saturated carbocycles. The summed E-state index contributed by atoms with van der Waals surface area (Å²) in [5.41, 5.74) is 1.44. The van der Waals surface area contributed by atoms with Gasteiger partial charge in [0.15, 0.2) is 5.96 Å². The summed E-state index contributed by atoms with van der Waals surface area (Å²) in [5, 5.41) is 9.17. The van der Waals surface area contributed by atoms with Gasteiger partial charge in [-0.1, -0.05) is 19.1 Å². The average Bonchev–Trinajstić information content (AvgIpc) is 2.55. The van der Waals surface area contributed by atoms with E-state index in [1.807, 2.05) is 26.8 Å². The summed E-state index contributed by atoms with van der Waals surface area (Å²) < 4.78 is 13.6. The zero-order valence-corrected chi connectivity index (χ0v) is 17.8. The summed E-state index contributed by atoms with van der Waals surface area (Å²) in [5.74, 6) is 0.422. The van der Waals surface area contributed by atoms with Crippen LogP contribution in [0, 0.1) is 12.7 Å². The summed E-state index contributed by atoms with van der Waals surface area (Å²) in [4.78, 5) is 16.2. The van der Waals surface area contributed by atoms with Crippen molar-refractivity contribution in [3.63, 3.8) is 0 Å². The van der Waals surface area contributed by atoms with Gasteiger partial charge >= 0.3 is 0 Å². The molecule has 0 heterocycles. The number of carbonyl (C=O) groups is 1. The largest absolute Gasteiger partial charge is 0.357 e. The molecule has 5 nitrogen and oxygen atoms in total. The molecular formula is C18H30FIN4O. The monoisotopic (exact) mass is 464 g/mol. The first-order valence-electron chi connectivity index (χ1n) is 8.52. The second-order valence-electron chi connectivity index (χ2n) is 5.83. The molecule has 0 aliphatic rings. The Morgan fingerprint density at radius 1 is 1.28 bits per heavy atom. The third-order valence-corrected chi connectivity index (χ3v) is 3.66. The number of halogens is 2. The van der Waals surface area contributed by atoms with Gasteiger partial charge in [0, 0.05) is 25.6 Å². The molecule has 0 bridgehead atoms. The number of hydrogen-bond donors (Lipinski definition) is 3. The summed E-state index contributed by atoms with van der Waals surface area (Å²) in [6.45, 7) is 9.32. The Balaban J connectivity index is 0.00000576. The maximum atomic E-state index is 13.6. The predicted octanol–water partition coefficient (Wildman–Crippen LogP) is 3.11. The van der Waals surface area contributed by atoms with Crippen LogP contribution in [0.15, 0.2) is 23.2 Å². The average molecular weight is 464 g/mol. The lowest BCUT2D eigenvalue weighted by atomic mass is 10.1. The van der Waals surface area contributed by atoms with E-state index in [9.17, 15) is 9.18 Å². The van der Waals surface area contributed by atoms with Crippen LogP contribution in [0.5, 0.6) is 0 Å². The first kappa shape index (κ1) is 23.6. The molecule has 3 N–H and O–H groups in total. The Labute approximate surface area is 167 Å². The highest BCUT2D eigenvalue weighted by molar-refractivity contribution is 14.0. The minimum atomic E-state index is -0.220. The van der Waals surface area contributed by atoms with E-state index in [2.05, 4.69) is 20.9 Å². The quantitative estimate of drug-likeness (QED) is 0.315. The van der Waals surface area contributed by atoms with Gasteiger partial charge in [-0.3, -0.25) is 4.79 Å². The topological polar surface area (TPSA) is 65.5 Å². The molecule has 1 rings (SSSR count). The number of nitrogens with one attached hydrogen (secondary N) is 3. The number of hydrogen-bond acceptors (Lipinski definition) is 2. The Morgan fingerprint density at radius 2 is 2.00 bits per heavy atom. The lowest BCUT2D eigenvalue weighted by molar-refractivity contribution is -0.121. The highest BCUT2D eigenvalue weighted by Crippen LogP contribution is 2.09. The summed E-state index contributed by atoms with van der Waals surface area (Å²) in [6, 6.07) is 5.31. The van der Waals surface area contributed by atoms with Crippen molar-refractivity contribution in [1.82, 2.24) is 16.0 Å². The lowest BCUT2D eigenvalue weighted by Gasteiger charge is -2.13. The van der Waals surface area contributed by atoms with Crippen LogP contribution < -0.4 is 16.0 Å². The molecule has 0 aromatic heterocycles. The SMILES string of the molecule is CCNC(=NCc1ccc(C)c(F)c1)NCCC(=O)NC(C)CC.I. The maximum Gasteiger partial charge on any atom is 0.221 e. The zero-order valence-electron chi connectivity index (χ0n) is 15.5. The van der Waals surface area contributed by atoms with Crippen LogP contribution in [-0.2, 0) is 11.3 Å². The van der Waals surface area contributed by atoms with E-state index in [0.717, 1.165) is 12.0 Å². The van der Waals surface area contributed by atoms with Crippen LogP contribution in [0.25, 0.3) is 0 Å². The number of aliphatic imine (C=N–C) groups is 1. The fraction of sp³-hybridized carbons (Fsp3) is 0.556. The predicted molar refractivity (Wildman–Crippen MR) is 112 cm³/mol. The van der Waals surface area contributed by atoms with E-state index in [1.54, 1.807) is 13.0 Å². The summed E-state index contributed by atoms with van der Waals surface area (Å²) in [7, 11) is 0. The van der Waals surface area contributed by atoms with Gasteiger partial charge in [0.05, 0.1) is 6.54 Å². The second-order valence-corrected chi connectivity index (χ2v) is 5.83. The number of nitrogens with zero attached hydrogens (tertiary/aromatic N) is 1. The van der Waals surface area contributed by atoms with Crippen LogP contribution in [0.3, 0.4) is 0 Å². The highest BCUT2D eigenvalue weighted by atomic mass is 127. The van der Waals surface area contributed by atoms with Crippen molar-refractivity contribution in [2.75, 3.05) is 13.1 Å². The zero-order chi connectivity index (χ0) is 17.9. The standard InChI is InChI=1S/C18H29FN4O.HI/c1-5-14(4)23-17(24)9-10-21-18(20-6-2)22-12-15-8-7-13(3)16(19)11-15;/h7-8,11,14H,5-6,9-10,12H2,1-4H3,(H,23,24)(H2,20,21,22);1H. The molecule has 0 spiro atoms. The van der Waals surface area contributed by atoms with E-state index < -0.39 is 0 Å². The first-order valence-corrected chi connectivity index (χ1v) is 8.52. The van der Waals surface area contributed by atoms with E-state index in [-0.39, 0.29) is 41.7 Å². The number of carbonyl (C=O) groups excluding carboxylic acids is 1. The van der Waals surface area contributed by atoms with Crippen molar-refractivity contribution in [3.05, 3.63) is 35.1 Å². The molecule has 7 heteroatoms. The molecular weight excluding hydrogens is 434 g/mol.